The second-order valence-electron chi connectivity index (χ2n) is 6.31. The summed E-state index contributed by atoms with van der Waals surface area (Å²) >= 11 is 1.32. The molecule has 30 heavy (non-hydrogen) atoms. The summed E-state index contributed by atoms with van der Waals surface area (Å²) in [5.41, 5.74) is 0.842. The molecule has 0 spiro atoms. The first kappa shape index (κ1) is 19.6. The highest BCUT2D eigenvalue weighted by Gasteiger charge is 2.19. The maximum atomic E-state index is 12.7. The Labute approximate surface area is 174 Å². The lowest BCUT2D eigenvalue weighted by atomic mass is 10.2. The van der Waals surface area contributed by atoms with Crippen molar-refractivity contribution in [2.45, 2.75) is 13.5 Å². The minimum atomic E-state index is -0.556. The highest BCUT2D eigenvalue weighted by atomic mass is 32.1. The molecular weight excluding hydrogens is 408 g/mol. The molecule has 0 aliphatic carbocycles. The third kappa shape index (κ3) is 3.64. The van der Waals surface area contributed by atoms with Crippen LogP contribution < -0.4 is 20.5 Å². The molecule has 9 nitrogen and oxygen atoms in total. The Kier molecular flexibility index (Phi) is 5.23. The minimum absolute atomic E-state index is 0.212. The Bertz CT molecular complexity index is 1280. The molecule has 0 bridgehead atoms. The number of nitrogens with one attached hydrogen (secondary N) is 1. The predicted octanol–water partition coefficient (Wildman–Crippen LogP) is 3.08. The molecule has 3 aromatic heterocycles. The molecule has 0 saturated heterocycles. The van der Waals surface area contributed by atoms with Gasteiger partial charge in [-0.15, -0.1) is 11.3 Å². The molecule has 4 aromatic rings. The normalized spacial score (nSPS) is 10.9. The number of methoxy groups -OCH3 is 2. The molecule has 10 heteroatoms. The number of ether oxygens (including phenoxy) is 2. The van der Waals surface area contributed by atoms with Crippen LogP contribution in [0, 0.1) is 6.92 Å². The summed E-state index contributed by atoms with van der Waals surface area (Å²) in [4.78, 5) is 34.5. The van der Waals surface area contributed by atoms with Gasteiger partial charge in [0.1, 0.15) is 22.6 Å². The van der Waals surface area contributed by atoms with Gasteiger partial charge in [-0.3, -0.25) is 9.36 Å². The van der Waals surface area contributed by atoms with E-state index in [9.17, 15) is 9.59 Å². The van der Waals surface area contributed by atoms with Crippen LogP contribution >= 0.6 is 11.3 Å². The number of benzene rings is 1. The lowest BCUT2D eigenvalue weighted by Crippen LogP contribution is -2.29. The van der Waals surface area contributed by atoms with E-state index in [0.29, 0.717) is 39.0 Å². The topological polar surface area (TPSA) is 108 Å². The molecule has 0 aliphatic rings. The van der Waals surface area contributed by atoms with Crippen LogP contribution in [0.4, 0.5) is 5.69 Å². The fraction of sp³-hybridized carbons (Fsp3) is 0.200. The third-order valence-corrected chi connectivity index (χ3v) is 5.34. The van der Waals surface area contributed by atoms with E-state index in [-0.39, 0.29) is 12.5 Å². The number of furan rings is 1. The molecule has 0 radical (unpaired) electrons. The van der Waals surface area contributed by atoms with Crippen LogP contribution in [-0.4, -0.2) is 34.7 Å². The summed E-state index contributed by atoms with van der Waals surface area (Å²) in [5.74, 6) is 1.09. The summed E-state index contributed by atoms with van der Waals surface area (Å²) in [6, 6.07) is 8.44. The van der Waals surface area contributed by atoms with E-state index in [1.54, 1.807) is 30.3 Å². The van der Waals surface area contributed by atoms with Gasteiger partial charge < -0.3 is 19.2 Å². The number of anilines is 1. The number of hydrogen-bond acceptors (Lipinski definition) is 8. The number of amides is 1. The molecular formula is C20H18N4O5S. The summed E-state index contributed by atoms with van der Waals surface area (Å²) in [6.07, 6.45) is 1.50. The molecule has 0 saturated carbocycles. The number of aryl methyl sites for hydroxylation is 1. The summed E-state index contributed by atoms with van der Waals surface area (Å²) in [6.45, 7) is 1.62. The molecule has 0 aliphatic heterocycles. The summed E-state index contributed by atoms with van der Waals surface area (Å²) in [5, 5.41) is 3.51. The van der Waals surface area contributed by atoms with E-state index in [2.05, 4.69) is 15.3 Å². The van der Waals surface area contributed by atoms with E-state index in [0.717, 1.165) is 5.01 Å². The fourth-order valence-corrected chi connectivity index (χ4v) is 3.94. The average Bonchev–Trinajstić information content (AvgIpc) is 3.39. The quantitative estimate of drug-likeness (QED) is 0.505. The average molecular weight is 426 g/mol. The van der Waals surface area contributed by atoms with Crippen molar-refractivity contribution in [3.8, 4) is 23.0 Å². The first-order chi connectivity index (χ1) is 14.5. The van der Waals surface area contributed by atoms with Crippen LogP contribution in [-0.2, 0) is 11.3 Å². The lowest BCUT2D eigenvalue weighted by molar-refractivity contribution is -0.116. The molecule has 1 amide bonds. The van der Waals surface area contributed by atoms with E-state index < -0.39 is 5.69 Å². The zero-order valence-corrected chi connectivity index (χ0v) is 17.3. The van der Waals surface area contributed by atoms with Crippen LogP contribution in [0.25, 0.3) is 21.8 Å². The first-order valence-electron chi connectivity index (χ1n) is 8.94. The second kappa shape index (κ2) is 7.99. The Balaban J connectivity index is 1.66. The van der Waals surface area contributed by atoms with Crippen LogP contribution in [0.15, 0.2) is 45.8 Å². The zero-order valence-electron chi connectivity index (χ0n) is 16.5. The zero-order chi connectivity index (χ0) is 21.3. The van der Waals surface area contributed by atoms with E-state index in [4.69, 9.17) is 13.9 Å². The summed E-state index contributed by atoms with van der Waals surface area (Å²) < 4.78 is 17.1. The van der Waals surface area contributed by atoms with Crippen molar-refractivity contribution >= 4 is 33.3 Å². The number of thiazole rings is 1. The predicted molar refractivity (Wildman–Crippen MR) is 112 cm³/mol. The highest BCUT2D eigenvalue weighted by molar-refractivity contribution is 7.18. The second-order valence-corrected chi connectivity index (χ2v) is 7.49. The maximum Gasteiger partial charge on any atom is 0.349 e. The van der Waals surface area contributed by atoms with Crippen molar-refractivity contribution in [3.05, 3.63) is 52.1 Å². The van der Waals surface area contributed by atoms with E-state index >= 15 is 0 Å². The number of carbonyl (C=O) groups is 1. The number of nitrogens with zero attached hydrogens (tertiary/aromatic N) is 3. The van der Waals surface area contributed by atoms with E-state index in [1.165, 1.54) is 36.4 Å². The van der Waals surface area contributed by atoms with Gasteiger partial charge >= 0.3 is 5.69 Å². The Morgan fingerprint density at radius 3 is 2.70 bits per heavy atom. The standard InChI is InChI=1S/C20H18N4O5S/c1-11-21-18-17(14-5-4-8-29-14)23-20(26)24(19(18)30-11)10-16(25)22-12-6-7-13(27-2)15(9-12)28-3/h4-9H,10H2,1-3H3,(H,22,25). The van der Waals surface area contributed by atoms with Crippen LogP contribution in [0.5, 0.6) is 11.5 Å². The molecule has 0 atom stereocenters. The summed E-state index contributed by atoms with van der Waals surface area (Å²) in [7, 11) is 3.04. The van der Waals surface area contributed by atoms with Crippen LogP contribution in [0.1, 0.15) is 5.01 Å². The Hall–Kier alpha value is -3.66. The fourth-order valence-electron chi connectivity index (χ4n) is 3.03. The van der Waals surface area contributed by atoms with Gasteiger partial charge in [0.2, 0.25) is 5.91 Å². The first-order valence-corrected chi connectivity index (χ1v) is 9.75. The van der Waals surface area contributed by atoms with Crippen molar-refractivity contribution in [1.82, 2.24) is 14.5 Å². The molecule has 0 fully saturated rings. The third-order valence-electron chi connectivity index (χ3n) is 4.35. The van der Waals surface area contributed by atoms with Gasteiger partial charge in [-0.25, -0.2) is 9.78 Å². The number of fused-ring (bicyclic) bond motifs is 1. The monoisotopic (exact) mass is 426 g/mol. The minimum Gasteiger partial charge on any atom is -0.493 e. The van der Waals surface area contributed by atoms with Gasteiger partial charge in [0.15, 0.2) is 17.3 Å². The maximum absolute atomic E-state index is 12.7. The van der Waals surface area contributed by atoms with Gasteiger partial charge in [0.05, 0.1) is 25.5 Å². The van der Waals surface area contributed by atoms with Crippen molar-refractivity contribution in [1.29, 1.82) is 0 Å². The highest BCUT2D eigenvalue weighted by Crippen LogP contribution is 2.30. The Morgan fingerprint density at radius 1 is 1.20 bits per heavy atom. The van der Waals surface area contributed by atoms with E-state index in [1.807, 2.05) is 6.92 Å². The number of aromatic nitrogens is 3. The van der Waals surface area contributed by atoms with Gasteiger partial charge in [-0.05, 0) is 31.2 Å². The molecule has 0 unspecified atom stereocenters. The Morgan fingerprint density at radius 2 is 2.00 bits per heavy atom. The van der Waals surface area contributed by atoms with Gasteiger partial charge in [0, 0.05) is 11.8 Å². The van der Waals surface area contributed by atoms with Crippen LogP contribution in [0.2, 0.25) is 0 Å². The number of carbonyl (C=O) groups excluding carboxylic acids is 1. The smallest absolute Gasteiger partial charge is 0.349 e. The van der Waals surface area contributed by atoms with Crippen molar-refractivity contribution in [3.63, 3.8) is 0 Å². The van der Waals surface area contributed by atoms with Gasteiger partial charge in [-0.2, -0.15) is 4.98 Å². The SMILES string of the molecule is COc1ccc(NC(=O)Cn2c(=O)nc(-c3ccco3)c3nc(C)sc32)cc1OC. The molecule has 1 N–H and O–H groups in total. The number of hydrogen-bond donors (Lipinski definition) is 1. The van der Waals surface area contributed by atoms with Gasteiger partial charge in [-0.1, -0.05) is 0 Å². The molecule has 4 rings (SSSR count). The van der Waals surface area contributed by atoms with Crippen LogP contribution in [0.3, 0.4) is 0 Å². The molecule has 154 valence electrons. The lowest BCUT2D eigenvalue weighted by Gasteiger charge is -2.11. The number of rotatable bonds is 6. The van der Waals surface area contributed by atoms with Crippen molar-refractivity contribution in [2.24, 2.45) is 0 Å². The van der Waals surface area contributed by atoms with Crippen molar-refractivity contribution < 1.29 is 18.7 Å². The molecule has 3 heterocycles. The van der Waals surface area contributed by atoms with Crippen molar-refractivity contribution in [2.75, 3.05) is 19.5 Å². The largest absolute Gasteiger partial charge is 0.493 e. The van der Waals surface area contributed by atoms with Gasteiger partial charge in [0.25, 0.3) is 0 Å². The molecule has 1 aromatic carbocycles.